The number of rotatable bonds is 6. The van der Waals surface area contributed by atoms with Gasteiger partial charge in [0.2, 0.25) is 5.91 Å². The molecule has 0 aliphatic rings. The second kappa shape index (κ2) is 7.10. The molecule has 2 nitrogen and oxygen atoms in total. The van der Waals surface area contributed by atoms with Gasteiger partial charge in [-0.05, 0) is 26.7 Å². The topological polar surface area (TPSA) is 20.3 Å². The Bertz CT molecular complexity index is 171. The van der Waals surface area contributed by atoms with E-state index in [2.05, 4.69) is 13.8 Å². The Balaban J connectivity index is 4.25. The summed E-state index contributed by atoms with van der Waals surface area (Å²) < 4.78 is 0. The van der Waals surface area contributed by atoms with E-state index in [-0.39, 0.29) is 17.9 Å². The Morgan fingerprint density at radius 3 is 2.29 bits per heavy atom. The summed E-state index contributed by atoms with van der Waals surface area (Å²) in [7, 11) is 0. The molecule has 1 unspecified atom stereocenters. The zero-order chi connectivity index (χ0) is 11.1. The van der Waals surface area contributed by atoms with Crippen LogP contribution in [0.3, 0.4) is 0 Å². The highest BCUT2D eigenvalue weighted by atomic mass is 35.5. The molecule has 0 bridgehead atoms. The largest absolute Gasteiger partial charge is 0.340 e. The van der Waals surface area contributed by atoms with Crippen LogP contribution in [0, 0.1) is 5.92 Å². The molecule has 1 amide bonds. The lowest BCUT2D eigenvalue weighted by Crippen LogP contribution is -2.40. The van der Waals surface area contributed by atoms with Gasteiger partial charge in [-0.2, -0.15) is 0 Å². The lowest BCUT2D eigenvalue weighted by atomic mass is 10.1. The van der Waals surface area contributed by atoms with E-state index in [1.165, 1.54) is 0 Å². The second-order valence-electron chi connectivity index (χ2n) is 3.98. The average Bonchev–Trinajstić information content (AvgIpc) is 2.16. The summed E-state index contributed by atoms with van der Waals surface area (Å²) in [5, 5.41) is 0. The van der Waals surface area contributed by atoms with E-state index in [1.807, 2.05) is 18.7 Å². The van der Waals surface area contributed by atoms with E-state index in [1.54, 1.807) is 0 Å². The molecule has 0 saturated carbocycles. The molecule has 0 spiro atoms. The van der Waals surface area contributed by atoms with Crippen LogP contribution in [0.25, 0.3) is 0 Å². The van der Waals surface area contributed by atoms with Gasteiger partial charge < -0.3 is 4.90 Å². The maximum atomic E-state index is 11.9. The molecular weight excluding hydrogens is 198 g/mol. The minimum Gasteiger partial charge on any atom is -0.340 e. The van der Waals surface area contributed by atoms with Gasteiger partial charge in [0, 0.05) is 24.4 Å². The first-order chi connectivity index (χ1) is 6.54. The summed E-state index contributed by atoms with van der Waals surface area (Å²) in [6.45, 7) is 8.91. The van der Waals surface area contributed by atoms with Crippen molar-refractivity contribution in [3.8, 4) is 0 Å². The van der Waals surface area contributed by atoms with Crippen LogP contribution in [-0.2, 0) is 4.79 Å². The molecule has 0 aromatic carbocycles. The molecule has 0 aliphatic carbocycles. The highest BCUT2D eigenvalue weighted by Gasteiger charge is 2.20. The molecule has 0 heterocycles. The molecule has 0 aliphatic heterocycles. The Kier molecular flexibility index (Phi) is 6.98. The number of carbonyl (C=O) groups is 1. The van der Waals surface area contributed by atoms with Crippen molar-refractivity contribution >= 4 is 17.5 Å². The molecule has 3 heteroatoms. The number of carbonyl (C=O) groups excluding carboxylic acids is 1. The van der Waals surface area contributed by atoms with Gasteiger partial charge in [-0.15, -0.1) is 11.6 Å². The molecule has 84 valence electrons. The average molecular weight is 220 g/mol. The highest BCUT2D eigenvalue weighted by molar-refractivity contribution is 6.17. The van der Waals surface area contributed by atoms with Crippen molar-refractivity contribution in [2.75, 3.05) is 12.4 Å². The third kappa shape index (κ3) is 4.32. The fraction of sp³-hybridized carbons (Fsp3) is 0.909. The Labute approximate surface area is 92.6 Å². The Morgan fingerprint density at radius 1 is 1.36 bits per heavy atom. The first kappa shape index (κ1) is 13.8. The van der Waals surface area contributed by atoms with Crippen LogP contribution in [0.4, 0.5) is 0 Å². The monoisotopic (exact) mass is 219 g/mol. The SMILES string of the molecule is CCC(C)C(=O)N(CCCCl)C(C)C. The molecule has 0 saturated heterocycles. The highest BCUT2D eigenvalue weighted by Crippen LogP contribution is 2.10. The van der Waals surface area contributed by atoms with Crippen LogP contribution in [-0.4, -0.2) is 29.3 Å². The first-order valence-corrected chi connectivity index (χ1v) is 5.94. The summed E-state index contributed by atoms with van der Waals surface area (Å²) in [5.74, 6) is 1.01. The van der Waals surface area contributed by atoms with E-state index in [0.29, 0.717) is 5.88 Å². The van der Waals surface area contributed by atoms with Gasteiger partial charge in [-0.3, -0.25) is 4.79 Å². The molecule has 0 fully saturated rings. The van der Waals surface area contributed by atoms with Crippen LogP contribution in [0.15, 0.2) is 0 Å². The van der Waals surface area contributed by atoms with Crippen LogP contribution in [0.1, 0.15) is 40.5 Å². The zero-order valence-corrected chi connectivity index (χ0v) is 10.5. The van der Waals surface area contributed by atoms with E-state index in [0.717, 1.165) is 19.4 Å². The quantitative estimate of drug-likeness (QED) is 0.630. The molecule has 0 N–H and O–H groups in total. The van der Waals surface area contributed by atoms with Gasteiger partial charge >= 0.3 is 0 Å². The third-order valence-corrected chi connectivity index (χ3v) is 2.74. The summed E-state index contributed by atoms with van der Waals surface area (Å²) in [5.41, 5.74) is 0. The molecule has 0 aromatic rings. The number of amides is 1. The first-order valence-electron chi connectivity index (χ1n) is 5.41. The van der Waals surface area contributed by atoms with E-state index < -0.39 is 0 Å². The minimum absolute atomic E-state index is 0.132. The molecule has 0 aromatic heterocycles. The number of hydrogen-bond acceptors (Lipinski definition) is 1. The van der Waals surface area contributed by atoms with E-state index in [4.69, 9.17) is 11.6 Å². The van der Waals surface area contributed by atoms with Crippen LogP contribution in [0.5, 0.6) is 0 Å². The number of alkyl halides is 1. The summed E-state index contributed by atoms with van der Waals surface area (Å²) >= 11 is 5.63. The third-order valence-electron chi connectivity index (χ3n) is 2.47. The van der Waals surface area contributed by atoms with Crippen molar-refractivity contribution in [2.45, 2.75) is 46.6 Å². The van der Waals surface area contributed by atoms with Crippen molar-refractivity contribution in [1.29, 1.82) is 0 Å². The Morgan fingerprint density at radius 2 is 1.93 bits per heavy atom. The molecule has 1 atom stereocenters. The molecule has 14 heavy (non-hydrogen) atoms. The number of hydrogen-bond donors (Lipinski definition) is 0. The van der Waals surface area contributed by atoms with Crippen molar-refractivity contribution in [1.82, 2.24) is 4.90 Å². The summed E-state index contributed by atoms with van der Waals surface area (Å²) in [4.78, 5) is 13.8. The van der Waals surface area contributed by atoms with E-state index in [9.17, 15) is 4.79 Å². The van der Waals surface area contributed by atoms with Gasteiger partial charge in [0.05, 0.1) is 0 Å². The Hall–Kier alpha value is -0.240. The minimum atomic E-state index is 0.132. The molecule has 0 radical (unpaired) electrons. The van der Waals surface area contributed by atoms with Gasteiger partial charge in [-0.25, -0.2) is 0 Å². The number of nitrogens with zero attached hydrogens (tertiary/aromatic N) is 1. The molecular formula is C11H22ClNO. The smallest absolute Gasteiger partial charge is 0.225 e. The predicted octanol–water partition coefficient (Wildman–Crippen LogP) is 2.90. The van der Waals surface area contributed by atoms with Gasteiger partial charge in [0.1, 0.15) is 0 Å². The summed E-state index contributed by atoms with van der Waals surface area (Å²) in [6, 6.07) is 0.278. The normalized spacial score (nSPS) is 13.0. The summed E-state index contributed by atoms with van der Waals surface area (Å²) in [6.07, 6.45) is 1.78. The van der Waals surface area contributed by atoms with Crippen molar-refractivity contribution in [2.24, 2.45) is 5.92 Å². The van der Waals surface area contributed by atoms with Gasteiger partial charge in [-0.1, -0.05) is 13.8 Å². The lowest BCUT2D eigenvalue weighted by molar-refractivity contribution is -0.136. The van der Waals surface area contributed by atoms with Crippen LogP contribution in [0.2, 0.25) is 0 Å². The number of halogens is 1. The standard InChI is InChI=1S/C11H22ClNO/c1-5-10(4)11(14)13(9(2)3)8-6-7-12/h9-10H,5-8H2,1-4H3. The van der Waals surface area contributed by atoms with Crippen molar-refractivity contribution in [3.05, 3.63) is 0 Å². The van der Waals surface area contributed by atoms with E-state index >= 15 is 0 Å². The van der Waals surface area contributed by atoms with Crippen LogP contribution >= 0.6 is 11.6 Å². The van der Waals surface area contributed by atoms with Gasteiger partial charge in [0.25, 0.3) is 0 Å². The maximum absolute atomic E-state index is 11.9. The predicted molar refractivity (Wildman–Crippen MR) is 61.6 cm³/mol. The van der Waals surface area contributed by atoms with Crippen molar-refractivity contribution < 1.29 is 4.79 Å². The lowest BCUT2D eigenvalue weighted by Gasteiger charge is -2.29. The second-order valence-corrected chi connectivity index (χ2v) is 4.36. The molecule has 0 rings (SSSR count). The van der Waals surface area contributed by atoms with Gasteiger partial charge in [0.15, 0.2) is 0 Å². The zero-order valence-electron chi connectivity index (χ0n) is 9.72. The van der Waals surface area contributed by atoms with Crippen LogP contribution < -0.4 is 0 Å². The fourth-order valence-electron chi connectivity index (χ4n) is 1.31. The van der Waals surface area contributed by atoms with Crippen molar-refractivity contribution in [3.63, 3.8) is 0 Å². The maximum Gasteiger partial charge on any atom is 0.225 e. The fourth-order valence-corrected chi connectivity index (χ4v) is 1.43.